The molecule has 0 unspecified atom stereocenters. The Morgan fingerprint density at radius 2 is 1.92 bits per heavy atom. The minimum atomic E-state index is -1.39. The Morgan fingerprint density at radius 3 is 2.25 bits per heavy atom. The highest BCUT2D eigenvalue weighted by atomic mass is 32.1. The van der Waals surface area contributed by atoms with Crippen LogP contribution in [0.5, 0.6) is 0 Å². The lowest BCUT2D eigenvalue weighted by Gasteiger charge is -2.23. The Kier molecular flexibility index (Phi) is 5.43. The topological polar surface area (TPSA) is 104 Å². The maximum absolute atomic E-state index is 10.1. The lowest BCUT2D eigenvalue weighted by molar-refractivity contribution is -0.113. The van der Waals surface area contributed by atoms with Crippen molar-refractivity contribution in [1.29, 1.82) is 0 Å². The summed E-state index contributed by atoms with van der Waals surface area (Å²) in [7, 11) is 0. The Hall–Kier alpha value is -0.140. The van der Waals surface area contributed by atoms with E-state index in [1.54, 1.807) is 0 Å². The van der Waals surface area contributed by atoms with Crippen molar-refractivity contribution in [2.75, 3.05) is 6.61 Å². The van der Waals surface area contributed by atoms with Gasteiger partial charge in [-0.2, -0.15) is 12.6 Å². The van der Waals surface area contributed by atoms with E-state index in [2.05, 4.69) is 12.6 Å². The second kappa shape index (κ2) is 5.50. The Labute approximate surface area is 75.6 Å². The SMILES string of the molecule is N[C@H](C=O)[C@@H](O)[C@H](O)[C@@H](S)CO. The molecule has 0 aromatic rings. The van der Waals surface area contributed by atoms with Gasteiger partial charge in [-0.05, 0) is 0 Å². The third-order valence-electron chi connectivity index (χ3n) is 1.48. The average molecular weight is 195 g/mol. The van der Waals surface area contributed by atoms with Crippen molar-refractivity contribution in [3.05, 3.63) is 0 Å². The lowest BCUT2D eigenvalue weighted by Crippen LogP contribution is -2.48. The number of aliphatic hydroxyl groups excluding tert-OH is 3. The van der Waals surface area contributed by atoms with Gasteiger partial charge in [0, 0.05) is 0 Å². The van der Waals surface area contributed by atoms with E-state index in [1.165, 1.54) is 0 Å². The molecule has 72 valence electrons. The van der Waals surface area contributed by atoms with Crippen LogP contribution in [0.15, 0.2) is 0 Å². The highest BCUT2D eigenvalue weighted by Crippen LogP contribution is 2.07. The molecule has 0 aromatic heterocycles. The zero-order chi connectivity index (χ0) is 9.72. The molecule has 0 saturated heterocycles. The Balaban J connectivity index is 4.07. The van der Waals surface area contributed by atoms with Crippen LogP contribution >= 0.6 is 12.6 Å². The molecule has 0 aliphatic rings. The van der Waals surface area contributed by atoms with E-state index in [-0.39, 0.29) is 0 Å². The van der Waals surface area contributed by atoms with Crippen molar-refractivity contribution in [1.82, 2.24) is 0 Å². The average Bonchev–Trinajstić information content (AvgIpc) is 2.12. The van der Waals surface area contributed by atoms with Crippen LogP contribution < -0.4 is 5.73 Å². The third kappa shape index (κ3) is 3.08. The zero-order valence-corrected chi connectivity index (χ0v) is 7.26. The first kappa shape index (κ1) is 11.9. The Morgan fingerprint density at radius 1 is 1.42 bits per heavy atom. The summed E-state index contributed by atoms with van der Waals surface area (Å²) in [4.78, 5) is 10.1. The van der Waals surface area contributed by atoms with Crippen molar-refractivity contribution >= 4 is 18.9 Å². The van der Waals surface area contributed by atoms with E-state index >= 15 is 0 Å². The molecule has 0 rings (SSSR count). The smallest absolute Gasteiger partial charge is 0.139 e. The monoisotopic (exact) mass is 195 g/mol. The summed E-state index contributed by atoms with van der Waals surface area (Å²) in [5.74, 6) is 0. The number of aldehydes is 1. The van der Waals surface area contributed by atoms with E-state index in [0.29, 0.717) is 6.29 Å². The number of hydrogen-bond acceptors (Lipinski definition) is 6. The lowest BCUT2D eigenvalue weighted by atomic mass is 10.0. The van der Waals surface area contributed by atoms with E-state index in [0.717, 1.165) is 0 Å². The molecular formula is C6H13NO4S. The van der Waals surface area contributed by atoms with Crippen LogP contribution in [0.25, 0.3) is 0 Å². The fraction of sp³-hybridized carbons (Fsp3) is 0.833. The molecule has 0 radical (unpaired) electrons. The molecule has 0 heterocycles. The van der Waals surface area contributed by atoms with Crippen LogP contribution in [0.1, 0.15) is 0 Å². The number of thiol groups is 1. The molecule has 5 N–H and O–H groups in total. The van der Waals surface area contributed by atoms with Gasteiger partial charge in [-0.1, -0.05) is 0 Å². The van der Waals surface area contributed by atoms with Gasteiger partial charge < -0.3 is 25.8 Å². The standard InChI is InChI=1S/C6H13NO4S/c7-3(1-8)5(10)6(11)4(12)2-9/h1,3-6,9-12H,2,7H2/t3-,4+,5-,6-/m1/s1. The van der Waals surface area contributed by atoms with Crippen LogP contribution in [0.2, 0.25) is 0 Å². The van der Waals surface area contributed by atoms with Crippen molar-refractivity contribution < 1.29 is 20.1 Å². The molecule has 0 aliphatic carbocycles. The molecule has 0 aromatic carbocycles. The summed E-state index contributed by atoms with van der Waals surface area (Å²) in [6.45, 7) is -0.396. The van der Waals surface area contributed by atoms with Crippen LogP contribution in [-0.4, -0.2) is 51.7 Å². The summed E-state index contributed by atoms with van der Waals surface area (Å²) in [6, 6.07) is -1.15. The Bertz CT molecular complexity index is 146. The predicted octanol–water partition coefficient (Wildman–Crippen LogP) is -2.47. The number of nitrogens with two attached hydrogens (primary N) is 1. The molecule has 5 nitrogen and oxygen atoms in total. The second-order valence-electron chi connectivity index (χ2n) is 2.44. The van der Waals surface area contributed by atoms with Crippen molar-refractivity contribution in [2.24, 2.45) is 5.73 Å². The van der Waals surface area contributed by atoms with Gasteiger partial charge in [0.1, 0.15) is 12.4 Å². The minimum Gasteiger partial charge on any atom is -0.395 e. The highest BCUT2D eigenvalue weighted by Gasteiger charge is 2.27. The van der Waals surface area contributed by atoms with Gasteiger partial charge in [-0.15, -0.1) is 0 Å². The van der Waals surface area contributed by atoms with Crippen LogP contribution in [0, 0.1) is 0 Å². The number of aliphatic hydroxyl groups is 3. The number of rotatable bonds is 5. The minimum absolute atomic E-state index is 0.325. The first-order valence-corrected chi connectivity index (χ1v) is 3.92. The van der Waals surface area contributed by atoms with E-state index < -0.39 is 30.1 Å². The molecule has 0 saturated carbocycles. The van der Waals surface area contributed by atoms with Gasteiger partial charge in [-0.3, -0.25) is 0 Å². The fourth-order valence-corrected chi connectivity index (χ4v) is 0.820. The zero-order valence-electron chi connectivity index (χ0n) is 6.37. The summed E-state index contributed by atoms with van der Waals surface area (Å²) >= 11 is 3.77. The van der Waals surface area contributed by atoms with Gasteiger partial charge in [0.2, 0.25) is 0 Å². The molecule has 0 fully saturated rings. The third-order valence-corrected chi connectivity index (χ3v) is 1.95. The van der Waals surface area contributed by atoms with Gasteiger partial charge >= 0.3 is 0 Å². The number of hydrogen-bond donors (Lipinski definition) is 5. The normalized spacial score (nSPS) is 21.1. The largest absolute Gasteiger partial charge is 0.395 e. The van der Waals surface area contributed by atoms with E-state index in [1.807, 2.05) is 0 Å². The molecule has 0 bridgehead atoms. The first-order valence-electron chi connectivity index (χ1n) is 3.40. The highest BCUT2D eigenvalue weighted by molar-refractivity contribution is 7.81. The van der Waals surface area contributed by atoms with Gasteiger partial charge in [0.15, 0.2) is 0 Å². The van der Waals surface area contributed by atoms with Crippen molar-refractivity contribution in [3.63, 3.8) is 0 Å². The van der Waals surface area contributed by atoms with E-state index in [4.69, 9.17) is 21.1 Å². The quantitative estimate of drug-likeness (QED) is 0.247. The first-order chi connectivity index (χ1) is 5.54. The predicted molar refractivity (Wildman–Crippen MR) is 45.9 cm³/mol. The maximum atomic E-state index is 10.1. The maximum Gasteiger partial charge on any atom is 0.139 e. The van der Waals surface area contributed by atoms with Crippen LogP contribution in [0.3, 0.4) is 0 Å². The molecule has 0 spiro atoms. The van der Waals surface area contributed by atoms with Gasteiger partial charge in [0.25, 0.3) is 0 Å². The second-order valence-corrected chi connectivity index (χ2v) is 3.11. The summed E-state index contributed by atoms with van der Waals surface area (Å²) < 4.78 is 0. The summed E-state index contributed by atoms with van der Waals surface area (Å²) in [5.41, 5.74) is 5.12. The molecule has 0 amide bonds. The van der Waals surface area contributed by atoms with Crippen LogP contribution in [0.4, 0.5) is 0 Å². The van der Waals surface area contributed by atoms with Gasteiger partial charge in [0.05, 0.1) is 24.0 Å². The van der Waals surface area contributed by atoms with Crippen LogP contribution in [-0.2, 0) is 4.79 Å². The fourth-order valence-electron chi connectivity index (χ4n) is 0.644. The number of carbonyl (C=O) groups excluding carboxylic acids is 1. The summed E-state index contributed by atoms with van der Waals surface area (Å²) in [6.07, 6.45) is -2.37. The molecule has 6 heteroatoms. The van der Waals surface area contributed by atoms with Gasteiger partial charge in [-0.25, -0.2) is 0 Å². The summed E-state index contributed by atoms with van der Waals surface area (Å²) in [5, 5.41) is 26.0. The molecule has 4 atom stereocenters. The van der Waals surface area contributed by atoms with Crippen molar-refractivity contribution in [2.45, 2.75) is 23.5 Å². The molecular weight excluding hydrogens is 182 g/mol. The molecule has 0 aliphatic heterocycles. The number of carbonyl (C=O) groups is 1. The molecule has 12 heavy (non-hydrogen) atoms. The van der Waals surface area contributed by atoms with Crippen molar-refractivity contribution in [3.8, 4) is 0 Å². The van der Waals surface area contributed by atoms with E-state index in [9.17, 15) is 4.79 Å².